The van der Waals surface area contributed by atoms with Gasteiger partial charge in [-0.1, -0.05) is 24.3 Å². The van der Waals surface area contributed by atoms with Crippen LogP contribution in [0.2, 0.25) is 0 Å². The van der Waals surface area contributed by atoms with Crippen LogP contribution in [0, 0.1) is 5.92 Å². The summed E-state index contributed by atoms with van der Waals surface area (Å²) in [7, 11) is 0. The van der Waals surface area contributed by atoms with Crippen molar-refractivity contribution in [2.75, 3.05) is 26.2 Å². The van der Waals surface area contributed by atoms with Crippen LogP contribution >= 0.6 is 0 Å². The maximum atomic E-state index is 12.6. The highest BCUT2D eigenvalue weighted by atomic mass is 16.2. The molecule has 1 unspecified atom stereocenters. The zero-order valence-electron chi connectivity index (χ0n) is 13.5. The first kappa shape index (κ1) is 15.5. The van der Waals surface area contributed by atoms with Gasteiger partial charge in [0.15, 0.2) is 0 Å². The van der Waals surface area contributed by atoms with E-state index in [-0.39, 0.29) is 11.9 Å². The highest BCUT2D eigenvalue weighted by molar-refractivity contribution is 5.78. The van der Waals surface area contributed by atoms with Gasteiger partial charge in [0.1, 0.15) is 0 Å². The molecule has 0 radical (unpaired) electrons. The Hall–Kier alpha value is -1.39. The largest absolute Gasteiger partial charge is 0.337 e. The molecule has 1 atom stereocenters. The molecule has 4 heteroatoms. The van der Waals surface area contributed by atoms with Crippen molar-refractivity contribution in [2.24, 2.45) is 11.7 Å². The third-order valence-electron chi connectivity index (χ3n) is 5.22. The van der Waals surface area contributed by atoms with Crippen molar-refractivity contribution in [2.45, 2.75) is 38.8 Å². The molecule has 22 heavy (non-hydrogen) atoms. The van der Waals surface area contributed by atoms with Crippen LogP contribution in [-0.2, 0) is 17.8 Å². The molecular formula is C18H27N3O. The van der Waals surface area contributed by atoms with Gasteiger partial charge in [0.05, 0.1) is 6.54 Å². The molecule has 2 heterocycles. The normalized spacial score (nSPS) is 21.5. The minimum Gasteiger partial charge on any atom is -0.337 e. The van der Waals surface area contributed by atoms with Gasteiger partial charge in [-0.3, -0.25) is 9.69 Å². The van der Waals surface area contributed by atoms with E-state index in [0.717, 1.165) is 45.4 Å². The number of carbonyl (C=O) groups excluding carboxylic acids is 1. The van der Waals surface area contributed by atoms with E-state index in [1.807, 2.05) is 4.90 Å². The van der Waals surface area contributed by atoms with Crippen LogP contribution in [-0.4, -0.2) is 47.9 Å². The van der Waals surface area contributed by atoms with Crippen LogP contribution in [0.3, 0.4) is 0 Å². The summed E-state index contributed by atoms with van der Waals surface area (Å²) < 4.78 is 0. The molecule has 0 aliphatic carbocycles. The topological polar surface area (TPSA) is 49.6 Å². The van der Waals surface area contributed by atoms with Crippen LogP contribution in [0.25, 0.3) is 0 Å². The molecule has 4 nitrogen and oxygen atoms in total. The van der Waals surface area contributed by atoms with Crippen LogP contribution in [0.5, 0.6) is 0 Å². The van der Waals surface area contributed by atoms with Gasteiger partial charge in [-0.15, -0.1) is 0 Å². The molecule has 1 fully saturated rings. The molecule has 1 amide bonds. The van der Waals surface area contributed by atoms with E-state index in [1.54, 1.807) is 0 Å². The highest BCUT2D eigenvalue weighted by Crippen LogP contribution is 2.21. The minimum atomic E-state index is 0.272. The Balaban J connectivity index is 1.51. The quantitative estimate of drug-likeness (QED) is 0.923. The molecule has 1 saturated heterocycles. The lowest BCUT2D eigenvalue weighted by molar-refractivity contribution is -0.133. The predicted molar refractivity (Wildman–Crippen MR) is 88.4 cm³/mol. The van der Waals surface area contributed by atoms with Gasteiger partial charge in [0.2, 0.25) is 5.91 Å². The second kappa shape index (κ2) is 6.80. The lowest BCUT2D eigenvalue weighted by atomic mass is 9.91. The molecule has 2 aliphatic heterocycles. The van der Waals surface area contributed by atoms with Gasteiger partial charge in [-0.2, -0.15) is 0 Å². The predicted octanol–water partition coefficient (Wildman–Crippen LogP) is 1.63. The highest BCUT2D eigenvalue weighted by Gasteiger charge is 2.26. The lowest BCUT2D eigenvalue weighted by Gasteiger charge is -2.35. The van der Waals surface area contributed by atoms with E-state index in [4.69, 9.17) is 5.73 Å². The molecule has 1 aromatic rings. The van der Waals surface area contributed by atoms with Gasteiger partial charge in [-0.05, 0) is 56.3 Å². The summed E-state index contributed by atoms with van der Waals surface area (Å²) in [5, 5.41) is 0. The van der Waals surface area contributed by atoms with Crippen LogP contribution < -0.4 is 5.73 Å². The van der Waals surface area contributed by atoms with Crippen molar-refractivity contribution >= 4 is 5.91 Å². The molecule has 2 aliphatic rings. The third kappa shape index (κ3) is 3.50. The van der Waals surface area contributed by atoms with Gasteiger partial charge in [-0.25, -0.2) is 0 Å². The van der Waals surface area contributed by atoms with Crippen LogP contribution in [0.15, 0.2) is 24.3 Å². The maximum absolute atomic E-state index is 12.6. The zero-order chi connectivity index (χ0) is 15.5. The first-order valence-corrected chi connectivity index (χ1v) is 8.46. The number of benzene rings is 1. The van der Waals surface area contributed by atoms with Gasteiger partial charge in [0, 0.05) is 19.1 Å². The summed E-state index contributed by atoms with van der Waals surface area (Å²) in [5.74, 6) is 0.891. The van der Waals surface area contributed by atoms with Crippen molar-refractivity contribution in [3.8, 4) is 0 Å². The van der Waals surface area contributed by atoms with Crippen molar-refractivity contribution in [1.29, 1.82) is 0 Å². The number of piperidine rings is 1. The second-order valence-corrected chi connectivity index (χ2v) is 6.81. The fourth-order valence-electron chi connectivity index (χ4n) is 3.64. The Labute approximate surface area is 133 Å². The summed E-state index contributed by atoms with van der Waals surface area (Å²) in [5.41, 5.74) is 8.68. The molecule has 0 spiro atoms. The Morgan fingerprint density at radius 3 is 2.59 bits per heavy atom. The number of hydrogen-bond acceptors (Lipinski definition) is 3. The maximum Gasteiger partial charge on any atom is 0.237 e. The van der Waals surface area contributed by atoms with Gasteiger partial charge < -0.3 is 10.6 Å². The SMILES string of the molecule is CC(N)C1CCN(CC(=O)N2CCc3ccccc3C2)CC1. The number of likely N-dealkylation sites (tertiary alicyclic amines) is 1. The molecule has 0 aromatic heterocycles. The number of hydrogen-bond donors (Lipinski definition) is 1. The van der Waals surface area contributed by atoms with Crippen LogP contribution in [0.4, 0.5) is 0 Å². The van der Waals surface area contributed by atoms with E-state index in [2.05, 4.69) is 36.1 Å². The number of carbonyl (C=O) groups is 1. The molecule has 0 bridgehead atoms. The van der Waals surface area contributed by atoms with Crippen molar-refractivity contribution < 1.29 is 4.79 Å². The summed E-state index contributed by atoms with van der Waals surface area (Å²) in [6, 6.07) is 8.74. The molecule has 1 aromatic carbocycles. The molecule has 120 valence electrons. The van der Waals surface area contributed by atoms with Crippen LogP contribution in [0.1, 0.15) is 30.9 Å². The second-order valence-electron chi connectivity index (χ2n) is 6.81. The Morgan fingerprint density at radius 2 is 1.91 bits per heavy atom. The number of nitrogens with two attached hydrogens (primary N) is 1. The first-order chi connectivity index (χ1) is 10.6. The number of rotatable bonds is 3. The van der Waals surface area contributed by atoms with Crippen molar-refractivity contribution in [1.82, 2.24) is 9.80 Å². The molecule has 0 saturated carbocycles. The fourth-order valence-corrected chi connectivity index (χ4v) is 3.64. The summed E-state index contributed by atoms with van der Waals surface area (Å²) in [4.78, 5) is 16.9. The zero-order valence-corrected chi connectivity index (χ0v) is 13.5. The van der Waals surface area contributed by atoms with E-state index >= 15 is 0 Å². The third-order valence-corrected chi connectivity index (χ3v) is 5.22. The Kier molecular flexibility index (Phi) is 4.79. The lowest BCUT2D eigenvalue weighted by Crippen LogP contribution is -2.46. The number of nitrogens with zero attached hydrogens (tertiary/aromatic N) is 2. The number of amides is 1. The molecular weight excluding hydrogens is 274 g/mol. The average Bonchev–Trinajstić information content (AvgIpc) is 2.55. The molecule has 3 rings (SSSR count). The van der Waals surface area contributed by atoms with E-state index in [9.17, 15) is 4.79 Å². The van der Waals surface area contributed by atoms with E-state index in [1.165, 1.54) is 11.1 Å². The smallest absolute Gasteiger partial charge is 0.237 e. The number of fused-ring (bicyclic) bond motifs is 1. The monoisotopic (exact) mass is 301 g/mol. The standard InChI is InChI=1S/C18H27N3O/c1-14(19)15-6-9-20(10-7-15)13-18(22)21-11-8-16-4-2-3-5-17(16)12-21/h2-5,14-15H,6-13,19H2,1H3. The van der Waals surface area contributed by atoms with Gasteiger partial charge >= 0.3 is 0 Å². The Bertz CT molecular complexity index is 521. The first-order valence-electron chi connectivity index (χ1n) is 8.46. The average molecular weight is 301 g/mol. The minimum absolute atomic E-state index is 0.272. The summed E-state index contributed by atoms with van der Waals surface area (Å²) in [6.45, 7) is 6.28. The van der Waals surface area contributed by atoms with Gasteiger partial charge in [0.25, 0.3) is 0 Å². The molecule has 2 N–H and O–H groups in total. The summed E-state index contributed by atoms with van der Waals surface area (Å²) in [6.07, 6.45) is 3.22. The van der Waals surface area contributed by atoms with Crippen molar-refractivity contribution in [3.05, 3.63) is 35.4 Å². The van der Waals surface area contributed by atoms with Crippen molar-refractivity contribution in [3.63, 3.8) is 0 Å². The van der Waals surface area contributed by atoms with E-state index < -0.39 is 0 Å². The Morgan fingerprint density at radius 1 is 1.23 bits per heavy atom. The summed E-state index contributed by atoms with van der Waals surface area (Å²) >= 11 is 0. The fraction of sp³-hybridized carbons (Fsp3) is 0.611. The van der Waals surface area contributed by atoms with E-state index in [0.29, 0.717) is 12.5 Å².